The molecule has 1 aromatic carbocycles. The summed E-state index contributed by atoms with van der Waals surface area (Å²) in [5.74, 6) is 1.12. The maximum Gasteiger partial charge on any atom is 0.239 e. The first-order chi connectivity index (χ1) is 14.4. The molecule has 4 rings (SSSR count). The fourth-order valence-corrected chi connectivity index (χ4v) is 5.29. The third kappa shape index (κ3) is 4.40. The number of benzene rings is 1. The highest BCUT2D eigenvalue weighted by molar-refractivity contribution is 7.91. The molecule has 1 aliphatic heterocycles. The Labute approximate surface area is 175 Å². The minimum absolute atomic E-state index is 0.00641. The van der Waals surface area contributed by atoms with E-state index in [1.807, 2.05) is 48.2 Å². The van der Waals surface area contributed by atoms with Crippen LogP contribution in [0, 0.1) is 0 Å². The molecule has 156 valence electrons. The number of nitrogens with one attached hydrogen (secondary N) is 1. The molecule has 2 aromatic heterocycles. The fraction of sp³-hybridized carbons (Fsp3) is 0.333. The van der Waals surface area contributed by atoms with Crippen LogP contribution in [-0.4, -0.2) is 59.9 Å². The summed E-state index contributed by atoms with van der Waals surface area (Å²) in [5, 5.41) is 3.70. The van der Waals surface area contributed by atoms with Crippen molar-refractivity contribution < 1.29 is 13.2 Å². The van der Waals surface area contributed by atoms with Gasteiger partial charge in [-0.2, -0.15) is 0 Å². The lowest BCUT2D eigenvalue weighted by atomic mass is 10.2. The van der Waals surface area contributed by atoms with Crippen molar-refractivity contribution in [1.29, 1.82) is 0 Å². The Kier molecular flexibility index (Phi) is 5.63. The van der Waals surface area contributed by atoms with Gasteiger partial charge in [0.2, 0.25) is 5.91 Å². The van der Waals surface area contributed by atoms with Crippen molar-refractivity contribution in [2.75, 3.05) is 29.5 Å². The number of fused-ring (bicyclic) bond motifs is 1. The minimum atomic E-state index is -3.05. The summed E-state index contributed by atoms with van der Waals surface area (Å²) in [6, 6.07) is 11.1. The number of para-hydroxylation sites is 1. The predicted molar refractivity (Wildman–Crippen MR) is 116 cm³/mol. The highest BCUT2D eigenvalue weighted by Gasteiger charge is 2.29. The van der Waals surface area contributed by atoms with Crippen LogP contribution >= 0.6 is 0 Å². The minimum Gasteiger partial charge on any atom is -0.351 e. The Hall–Kier alpha value is -3.07. The molecule has 1 amide bonds. The van der Waals surface area contributed by atoms with E-state index in [1.54, 1.807) is 12.4 Å². The van der Waals surface area contributed by atoms with Gasteiger partial charge in [-0.3, -0.25) is 9.78 Å². The first-order valence-electron chi connectivity index (χ1n) is 9.87. The first kappa shape index (κ1) is 20.2. The van der Waals surface area contributed by atoms with E-state index in [4.69, 9.17) is 4.98 Å². The van der Waals surface area contributed by atoms with Gasteiger partial charge in [0.25, 0.3) is 0 Å². The quantitative estimate of drug-likeness (QED) is 0.642. The van der Waals surface area contributed by atoms with Crippen LogP contribution in [0.3, 0.4) is 0 Å². The number of rotatable bonds is 6. The summed E-state index contributed by atoms with van der Waals surface area (Å²) in [7, 11) is -3.05. The summed E-state index contributed by atoms with van der Waals surface area (Å²) in [5.41, 5.74) is 1.57. The number of anilines is 1. The maximum absolute atomic E-state index is 12.6. The van der Waals surface area contributed by atoms with Crippen molar-refractivity contribution in [2.45, 2.75) is 19.4 Å². The Balaban J connectivity index is 1.63. The van der Waals surface area contributed by atoms with Gasteiger partial charge in [0.15, 0.2) is 15.7 Å². The molecule has 0 bridgehead atoms. The number of aromatic nitrogens is 3. The molecule has 9 heteroatoms. The lowest BCUT2D eigenvalue weighted by Crippen LogP contribution is -2.43. The van der Waals surface area contributed by atoms with Gasteiger partial charge in [0.05, 0.1) is 23.6 Å². The van der Waals surface area contributed by atoms with E-state index in [2.05, 4.69) is 15.3 Å². The molecule has 1 aliphatic rings. The molecule has 0 saturated carbocycles. The van der Waals surface area contributed by atoms with Crippen LogP contribution < -0.4 is 10.2 Å². The molecule has 8 nitrogen and oxygen atoms in total. The van der Waals surface area contributed by atoms with Crippen molar-refractivity contribution in [3.8, 4) is 11.4 Å². The highest BCUT2D eigenvalue weighted by atomic mass is 32.2. The number of pyridine rings is 1. The van der Waals surface area contributed by atoms with E-state index in [0.29, 0.717) is 24.6 Å². The summed E-state index contributed by atoms with van der Waals surface area (Å²) < 4.78 is 23.3. The Morgan fingerprint density at radius 2 is 2.03 bits per heavy atom. The summed E-state index contributed by atoms with van der Waals surface area (Å²) >= 11 is 0. The van der Waals surface area contributed by atoms with Gasteiger partial charge in [0, 0.05) is 35.9 Å². The number of likely N-dealkylation sites (N-methyl/N-ethyl adjacent to an activating group) is 1. The zero-order valence-corrected chi connectivity index (χ0v) is 17.5. The number of carbonyl (C=O) groups is 1. The molecule has 1 fully saturated rings. The summed E-state index contributed by atoms with van der Waals surface area (Å²) in [4.78, 5) is 28.1. The van der Waals surface area contributed by atoms with E-state index >= 15 is 0 Å². The largest absolute Gasteiger partial charge is 0.351 e. The Morgan fingerprint density at radius 1 is 1.20 bits per heavy atom. The summed E-state index contributed by atoms with van der Waals surface area (Å²) in [6.07, 6.45) is 3.86. The van der Waals surface area contributed by atoms with Crippen LogP contribution in [0.5, 0.6) is 0 Å². The van der Waals surface area contributed by atoms with Crippen LogP contribution in [0.25, 0.3) is 22.3 Å². The topological polar surface area (TPSA) is 105 Å². The average molecular weight is 426 g/mol. The van der Waals surface area contributed by atoms with Gasteiger partial charge >= 0.3 is 0 Å². The van der Waals surface area contributed by atoms with E-state index in [1.165, 1.54) is 0 Å². The van der Waals surface area contributed by atoms with Crippen molar-refractivity contribution in [3.05, 3.63) is 48.8 Å². The third-order valence-corrected chi connectivity index (χ3v) is 6.88. The molecule has 1 saturated heterocycles. The zero-order chi connectivity index (χ0) is 21.1. The van der Waals surface area contributed by atoms with Crippen LogP contribution in [0.2, 0.25) is 0 Å². The molecule has 0 unspecified atom stereocenters. The number of hydrogen-bond acceptors (Lipinski definition) is 7. The Morgan fingerprint density at radius 3 is 2.73 bits per heavy atom. The molecule has 30 heavy (non-hydrogen) atoms. The van der Waals surface area contributed by atoms with Gasteiger partial charge < -0.3 is 10.2 Å². The van der Waals surface area contributed by atoms with Gasteiger partial charge in [-0.1, -0.05) is 12.1 Å². The van der Waals surface area contributed by atoms with Crippen LogP contribution in [0.15, 0.2) is 48.8 Å². The van der Waals surface area contributed by atoms with E-state index in [-0.39, 0.29) is 30.0 Å². The van der Waals surface area contributed by atoms with Crippen LogP contribution in [-0.2, 0) is 14.6 Å². The number of sulfone groups is 1. The van der Waals surface area contributed by atoms with E-state index in [0.717, 1.165) is 16.5 Å². The second kappa shape index (κ2) is 8.35. The molecular formula is C21H23N5O3S. The van der Waals surface area contributed by atoms with E-state index < -0.39 is 9.84 Å². The third-order valence-electron chi connectivity index (χ3n) is 5.12. The van der Waals surface area contributed by atoms with Crippen LogP contribution in [0.4, 0.5) is 5.82 Å². The summed E-state index contributed by atoms with van der Waals surface area (Å²) in [6.45, 7) is 2.60. The van der Waals surface area contributed by atoms with E-state index in [9.17, 15) is 13.2 Å². The van der Waals surface area contributed by atoms with Gasteiger partial charge in [-0.15, -0.1) is 0 Å². The lowest BCUT2D eigenvalue weighted by Gasteiger charge is -2.24. The second-order valence-electron chi connectivity index (χ2n) is 7.31. The average Bonchev–Trinajstić information content (AvgIpc) is 3.10. The normalized spacial score (nSPS) is 17.7. The standard InChI is InChI=1S/C21H23N5O3S/c1-2-26(13-19(27)23-16-9-11-30(28,29)14-16)21-17-7-3-4-8-18(17)24-20(25-21)15-6-5-10-22-12-15/h3-8,10,12,16H,2,9,11,13-14H2,1H3,(H,23,27)/t16-/m1/s1. The molecule has 0 aliphatic carbocycles. The van der Waals surface area contributed by atoms with Gasteiger partial charge in [-0.25, -0.2) is 18.4 Å². The number of carbonyl (C=O) groups excluding carboxylic acids is 1. The molecule has 0 spiro atoms. The molecule has 0 radical (unpaired) electrons. The second-order valence-corrected chi connectivity index (χ2v) is 9.54. The Bertz CT molecular complexity index is 1170. The molecule has 1 N–H and O–H groups in total. The lowest BCUT2D eigenvalue weighted by molar-refractivity contribution is -0.120. The highest BCUT2D eigenvalue weighted by Crippen LogP contribution is 2.27. The van der Waals surface area contributed by atoms with Crippen molar-refractivity contribution in [3.63, 3.8) is 0 Å². The monoisotopic (exact) mass is 425 g/mol. The molecule has 3 heterocycles. The number of amides is 1. The molecule has 3 aromatic rings. The molecular weight excluding hydrogens is 402 g/mol. The zero-order valence-electron chi connectivity index (χ0n) is 16.7. The maximum atomic E-state index is 12.6. The number of hydrogen-bond donors (Lipinski definition) is 1. The molecule has 1 atom stereocenters. The fourth-order valence-electron chi connectivity index (χ4n) is 3.62. The van der Waals surface area contributed by atoms with Gasteiger partial charge in [0.1, 0.15) is 5.82 Å². The van der Waals surface area contributed by atoms with Crippen molar-refractivity contribution in [2.24, 2.45) is 0 Å². The first-order valence-corrected chi connectivity index (χ1v) is 11.7. The van der Waals surface area contributed by atoms with Crippen molar-refractivity contribution in [1.82, 2.24) is 20.3 Å². The predicted octanol–water partition coefficient (Wildman–Crippen LogP) is 1.82. The number of nitrogens with zero attached hydrogens (tertiary/aromatic N) is 4. The smallest absolute Gasteiger partial charge is 0.239 e. The SMILES string of the molecule is CCN(CC(=O)N[C@@H]1CCS(=O)(=O)C1)c1nc(-c2cccnc2)nc2ccccc12. The van der Waals surface area contributed by atoms with Crippen LogP contribution in [0.1, 0.15) is 13.3 Å². The van der Waals surface area contributed by atoms with Gasteiger partial charge in [-0.05, 0) is 37.6 Å². The van der Waals surface area contributed by atoms with Crippen molar-refractivity contribution >= 4 is 32.5 Å².